The van der Waals surface area contributed by atoms with Crippen LogP contribution in [-0.4, -0.2) is 30.4 Å². The number of unbranched alkanes of at least 4 members (excludes halogenated alkanes) is 4. The van der Waals surface area contributed by atoms with E-state index < -0.39 is 12.1 Å². The molecule has 0 bridgehead atoms. The van der Waals surface area contributed by atoms with Gasteiger partial charge in [-0.15, -0.1) is 0 Å². The van der Waals surface area contributed by atoms with Gasteiger partial charge in [-0.3, -0.25) is 9.59 Å². The van der Waals surface area contributed by atoms with Crippen LogP contribution in [0.2, 0.25) is 0 Å². The molecule has 202 valence electrons. The zero-order valence-electron chi connectivity index (χ0n) is 22.0. The monoisotopic (exact) mass is 521 g/mol. The first-order valence-electron chi connectivity index (χ1n) is 12.6. The Morgan fingerprint density at radius 1 is 0.684 bits per heavy atom. The van der Waals surface area contributed by atoms with Crippen molar-refractivity contribution in [2.24, 2.45) is 0 Å². The third kappa shape index (κ3) is 11.7. The van der Waals surface area contributed by atoms with Crippen molar-refractivity contribution in [1.82, 2.24) is 5.32 Å². The van der Waals surface area contributed by atoms with E-state index in [1.54, 1.807) is 62.4 Å². The minimum absolute atomic E-state index is 0.0244. The minimum Gasteiger partial charge on any atom is -0.427 e. The van der Waals surface area contributed by atoms with E-state index in [4.69, 9.17) is 14.2 Å². The van der Waals surface area contributed by atoms with E-state index in [0.29, 0.717) is 47.8 Å². The molecule has 0 radical (unpaired) electrons. The third-order valence-corrected chi connectivity index (χ3v) is 5.42. The Morgan fingerprint density at radius 3 is 1.82 bits per heavy atom. The van der Waals surface area contributed by atoms with Gasteiger partial charge >= 0.3 is 18.0 Å². The van der Waals surface area contributed by atoms with E-state index in [0.717, 1.165) is 31.2 Å². The van der Waals surface area contributed by atoms with Crippen LogP contribution in [-0.2, 0) is 20.8 Å². The lowest BCUT2D eigenvalue weighted by molar-refractivity contribution is -0.134. The van der Waals surface area contributed by atoms with Crippen molar-refractivity contribution in [2.75, 3.05) is 6.54 Å². The van der Waals surface area contributed by atoms with Gasteiger partial charge in [-0.1, -0.05) is 44.6 Å². The average Bonchev–Trinajstić information content (AvgIpc) is 2.87. The lowest BCUT2D eigenvalue weighted by atomic mass is 10.1. The number of hydrogen-bond acceptors (Lipinski definition) is 7. The highest BCUT2D eigenvalue weighted by molar-refractivity contribution is 5.95. The SMILES string of the molecule is C=C(C)C(=O)Cc1ccc(OC(=O)NCCCCCCCC(=O)Oc2ccc(OC(=O)C(=C)C)cc2)cc1. The molecule has 1 N–H and O–H groups in total. The first-order chi connectivity index (χ1) is 18.1. The van der Waals surface area contributed by atoms with Crippen molar-refractivity contribution in [3.8, 4) is 17.2 Å². The van der Waals surface area contributed by atoms with Gasteiger partial charge in [0.05, 0.1) is 0 Å². The van der Waals surface area contributed by atoms with E-state index in [1.165, 1.54) is 0 Å². The second kappa shape index (κ2) is 15.8. The van der Waals surface area contributed by atoms with Gasteiger partial charge in [0.15, 0.2) is 5.78 Å². The van der Waals surface area contributed by atoms with Crippen LogP contribution in [0.25, 0.3) is 0 Å². The number of ether oxygens (including phenoxy) is 3. The van der Waals surface area contributed by atoms with Crippen molar-refractivity contribution < 1.29 is 33.4 Å². The third-order valence-electron chi connectivity index (χ3n) is 5.42. The van der Waals surface area contributed by atoms with Gasteiger partial charge in [-0.05, 0) is 74.2 Å². The molecule has 0 aliphatic rings. The molecule has 0 saturated heterocycles. The van der Waals surface area contributed by atoms with Crippen molar-refractivity contribution in [3.63, 3.8) is 0 Å². The van der Waals surface area contributed by atoms with Crippen molar-refractivity contribution >= 4 is 23.8 Å². The standard InChI is InChI=1S/C30H35NO7/c1-21(2)27(32)20-23-11-13-26(14-12-23)38-30(35)31-19-9-7-5-6-8-10-28(33)36-24-15-17-25(18-16-24)37-29(34)22(3)4/h11-18H,1,3,5-10,19-20H2,2,4H3,(H,31,35). The van der Waals surface area contributed by atoms with Crippen LogP contribution in [0.1, 0.15) is 57.9 Å². The Hall–Kier alpha value is -4.20. The Bertz CT molecular complexity index is 1040. The average molecular weight is 522 g/mol. The van der Waals surface area contributed by atoms with Crippen LogP contribution in [0.4, 0.5) is 4.79 Å². The fourth-order valence-corrected chi connectivity index (χ4v) is 3.22. The highest BCUT2D eigenvalue weighted by Gasteiger charge is 2.09. The van der Waals surface area contributed by atoms with Crippen molar-refractivity contribution in [3.05, 3.63) is 78.4 Å². The first-order valence-corrected chi connectivity index (χ1v) is 12.6. The van der Waals surface area contributed by atoms with E-state index in [2.05, 4.69) is 18.5 Å². The summed E-state index contributed by atoms with van der Waals surface area (Å²) in [6.07, 6.45) is 4.25. The second-order valence-corrected chi connectivity index (χ2v) is 8.97. The summed E-state index contributed by atoms with van der Waals surface area (Å²) in [4.78, 5) is 47.2. The molecule has 38 heavy (non-hydrogen) atoms. The molecule has 0 atom stereocenters. The number of allylic oxidation sites excluding steroid dienone is 1. The molecule has 0 heterocycles. The Kier molecular flexibility index (Phi) is 12.5. The molecule has 8 heteroatoms. The fourth-order valence-electron chi connectivity index (χ4n) is 3.22. The molecule has 0 spiro atoms. The number of ketones is 1. The number of rotatable bonds is 15. The van der Waals surface area contributed by atoms with E-state index in [9.17, 15) is 19.2 Å². The van der Waals surface area contributed by atoms with Crippen LogP contribution in [0.15, 0.2) is 72.8 Å². The molecule has 0 unspecified atom stereocenters. The van der Waals surface area contributed by atoms with Crippen LogP contribution in [0.3, 0.4) is 0 Å². The number of esters is 2. The summed E-state index contributed by atoms with van der Waals surface area (Å²) in [6, 6.07) is 13.1. The number of benzene rings is 2. The summed E-state index contributed by atoms with van der Waals surface area (Å²) in [7, 11) is 0. The quantitative estimate of drug-likeness (QED) is 0.135. The molecular weight excluding hydrogens is 486 g/mol. The summed E-state index contributed by atoms with van der Waals surface area (Å²) >= 11 is 0. The van der Waals surface area contributed by atoms with E-state index in [-0.39, 0.29) is 18.2 Å². The van der Waals surface area contributed by atoms with Crippen molar-refractivity contribution in [1.29, 1.82) is 0 Å². The molecule has 0 fully saturated rings. The Labute approximate surface area is 223 Å². The molecule has 0 aliphatic heterocycles. The van der Waals surface area contributed by atoms with Crippen LogP contribution < -0.4 is 19.5 Å². The highest BCUT2D eigenvalue weighted by Crippen LogP contribution is 2.19. The zero-order valence-corrected chi connectivity index (χ0v) is 22.0. The number of carbonyl (C=O) groups is 4. The largest absolute Gasteiger partial charge is 0.427 e. The Morgan fingerprint density at radius 2 is 1.21 bits per heavy atom. The number of hydrogen-bond donors (Lipinski definition) is 1. The van der Waals surface area contributed by atoms with Gasteiger partial charge < -0.3 is 19.5 Å². The summed E-state index contributed by atoms with van der Waals surface area (Å²) in [5.41, 5.74) is 1.64. The molecule has 8 nitrogen and oxygen atoms in total. The highest BCUT2D eigenvalue weighted by atomic mass is 16.6. The molecule has 0 aromatic heterocycles. The predicted molar refractivity (Wildman–Crippen MR) is 144 cm³/mol. The predicted octanol–water partition coefficient (Wildman–Crippen LogP) is 5.89. The Balaban J connectivity index is 1.52. The van der Waals surface area contributed by atoms with E-state index >= 15 is 0 Å². The zero-order chi connectivity index (χ0) is 27.9. The molecule has 0 aliphatic carbocycles. The minimum atomic E-state index is -0.527. The smallest absolute Gasteiger partial charge is 0.412 e. The molecule has 1 amide bonds. The van der Waals surface area contributed by atoms with Gasteiger partial charge in [0.2, 0.25) is 0 Å². The molecule has 2 rings (SSSR count). The molecular formula is C30H35NO7. The molecule has 2 aromatic rings. The van der Waals surface area contributed by atoms with Crippen LogP contribution in [0, 0.1) is 0 Å². The first kappa shape index (κ1) is 30.0. The molecule has 2 aromatic carbocycles. The normalized spacial score (nSPS) is 10.3. The summed E-state index contributed by atoms with van der Waals surface area (Å²) in [6.45, 7) is 10.9. The number of nitrogens with one attached hydrogen (secondary N) is 1. The van der Waals surface area contributed by atoms with Gasteiger partial charge in [0.1, 0.15) is 17.2 Å². The van der Waals surface area contributed by atoms with Gasteiger partial charge in [0, 0.05) is 25.0 Å². The number of carbonyl (C=O) groups excluding carboxylic acids is 4. The lowest BCUT2D eigenvalue weighted by Crippen LogP contribution is -2.27. The van der Waals surface area contributed by atoms with Crippen molar-refractivity contribution in [2.45, 2.75) is 58.8 Å². The van der Waals surface area contributed by atoms with E-state index in [1.807, 2.05) is 0 Å². The number of Topliss-reactive ketones (excluding diaryl/α,β-unsaturated/α-hetero) is 1. The summed E-state index contributed by atoms with van der Waals surface area (Å²) in [5.74, 6) is 0.282. The maximum Gasteiger partial charge on any atom is 0.412 e. The number of amides is 1. The van der Waals surface area contributed by atoms with Gasteiger partial charge in [-0.2, -0.15) is 0 Å². The van der Waals surface area contributed by atoms with Gasteiger partial charge in [-0.25, -0.2) is 9.59 Å². The lowest BCUT2D eigenvalue weighted by Gasteiger charge is -2.08. The maximum atomic E-state index is 12.0. The summed E-state index contributed by atoms with van der Waals surface area (Å²) in [5, 5.41) is 2.72. The fraction of sp³-hybridized carbons (Fsp3) is 0.333. The van der Waals surface area contributed by atoms with Crippen LogP contribution in [0.5, 0.6) is 17.2 Å². The summed E-state index contributed by atoms with van der Waals surface area (Å²) < 4.78 is 15.6. The van der Waals surface area contributed by atoms with Gasteiger partial charge in [0.25, 0.3) is 0 Å². The van der Waals surface area contributed by atoms with Crippen LogP contribution >= 0.6 is 0 Å². The molecule has 0 saturated carbocycles. The second-order valence-electron chi connectivity index (χ2n) is 8.97. The maximum absolute atomic E-state index is 12.0. The topological polar surface area (TPSA) is 108 Å².